The van der Waals surface area contributed by atoms with Crippen molar-refractivity contribution in [3.8, 4) is 0 Å². The highest BCUT2D eigenvalue weighted by molar-refractivity contribution is 5.80. The smallest absolute Gasteiger partial charge is 0.194 e. The molecule has 0 saturated carbocycles. The van der Waals surface area contributed by atoms with E-state index in [1.165, 1.54) is 5.56 Å². The number of guanidine groups is 1. The predicted molar refractivity (Wildman–Crippen MR) is 95.3 cm³/mol. The fraction of sp³-hybridized carbons (Fsp3) is 0.412. The van der Waals surface area contributed by atoms with E-state index in [4.69, 9.17) is 0 Å². The first-order valence-corrected chi connectivity index (χ1v) is 8.47. The summed E-state index contributed by atoms with van der Waals surface area (Å²) in [5.41, 5.74) is 2.15. The van der Waals surface area contributed by atoms with Crippen molar-refractivity contribution in [3.63, 3.8) is 0 Å². The van der Waals surface area contributed by atoms with Crippen LogP contribution in [0.3, 0.4) is 0 Å². The van der Waals surface area contributed by atoms with Gasteiger partial charge in [-0.05, 0) is 24.1 Å². The van der Waals surface area contributed by atoms with E-state index >= 15 is 0 Å². The molecule has 3 aromatic heterocycles. The van der Waals surface area contributed by atoms with Crippen LogP contribution in [0.5, 0.6) is 0 Å². The SMILES string of the molecule is CN=C(NCc1nnc2ccccn12)N1CCC(c2cnn(C)c2)C1. The number of hydrogen-bond donors (Lipinski definition) is 1. The van der Waals surface area contributed by atoms with E-state index in [1.807, 2.05) is 53.8 Å². The van der Waals surface area contributed by atoms with Gasteiger partial charge in [-0.25, -0.2) is 0 Å². The van der Waals surface area contributed by atoms with Crippen LogP contribution in [-0.4, -0.2) is 55.4 Å². The van der Waals surface area contributed by atoms with Crippen molar-refractivity contribution in [1.29, 1.82) is 0 Å². The van der Waals surface area contributed by atoms with Gasteiger partial charge in [0.2, 0.25) is 0 Å². The standard InChI is InChI=1S/C17H22N8/c1-18-17(19-10-16-22-21-15-5-3-4-7-25(15)16)24-8-6-13(12-24)14-9-20-23(2)11-14/h3-5,7,9,11,13H,6,8,10,12H2,1-2H3,(H,18,19). The molecular weight excluding hydrogens is 316 g/mol. The number of hydrogen-bond acceptors (Lipinski definition) is 4. The van der Waals surface area contributed by atoms with Crippen LogP contribution in [0.2, 0.25) is 0 Å². The topological polar surface area (TPSA) is 75.6 Å². The van der Waals surface area contributed by atoms with Gasteiger partial charge in [-0.2, -0.15) is 5.10 Å². The lowest BCUT2D eigenvalue weighted by Crippen LogP contribution is -2.39. The number of likely N-dealkylation sites (tertiary alicyclic amines) is 1. The highest BCUT2D eigenvalue weighted by Gasteiger charge is 2.27. The van der Waals surface area contributed by atoms with Crippen molar-refractivity contribution in [2.75, 3.05) is 20.1 Å². The fourth-order valence-electron chi connectivity index (χ4n) is 3.38. The molecule has 4 heterocycles. The Bertz CT molecular complexity index is 893. The second kappa shape index (κ2) is 6.54. The van der Waals surface area contributed by atoms with Gasteiger partial charge in [-0.3, -0.25) is 14.1 Å². The molecule has 1 saturated heterocycles. The number of aryl methyl sites for hydroxylation is 1. The number of aromatic nitrogens is 5. The first-order valence-electron chi connectivity index (χ1n) is 8.47. The van der Waals surface area contributed by atoms with E-state index in [1.54, 1.807) is 0 Å². The van der Waals surface area contributed by atoms with Crippen molar-refractivity contribution in [1.82, 2.24) is 34.6 Å². The molecule has 1 aliphatic heterocycles. The molecule has 0 amide bonds. The average Bonchev–Trinajstić information content (AvgIpc) is 3.35. The molecule has 1 atom stereocenters. The second-order valence-electron chi connectivity index (χ2n) is 6.32. The highest BCUT2D eigenvalue weighted by atomic mass is 15.3. The minimum absolute atomic E-state index is 0.501. The van der Waals surface area contributed by atoms with Crippen LogP contribution in [-0.2, 0) is 13.6 Å². The van der Waals surface area contributed by atoms with E-state index in [-0.39, 0.29) is 0 Å². The Morgan fingerprint density at radius 2 is 2.28 bits per heavy atom. The van der Waals surface area contributed by atoms with Crippen LogP contribution < -0.4 is 5.32 Å². The highest BCUT2D eigenvalue weighted by Crippen LogP contribution is 2.26. The third-order valence-electron chi connectivity index (χ3n) is 4.68. The summed E-state index contributed by atoms with van der Waals surface area (Å²) in [4.78, 5) is 6.73. The average molecular weight is 338 g/mol. The van der Waals surface area contributed by atoms with E-state index in [2.05, 4.69) is 36.7 Å². The maximum atomic E-state index is 4.44. The van der Waals surface area contributed by atoms with Crippen LogP contribution in [0.1, 0.15) is 23.7 Å². The lowest BCUT2D eigenvalue weighted by atomic mass is 10.0. The zero-order valence-corrected chi connectivity index (χ0v) is 14.5. The Labute approximate surface area is 146 Å². The minimum atomic E-state index is 0.501. The van der Waals surface area contributed by atoms with Crippen LogP contribution in [0.25, 0.3) is 5.65 Å². The number of pyridine rings is 1. The van der Waals surface area contributed by atoms with Gasteiger partial charge in [0.15, 0.2) is 17.4 Å². The van der Waals surface area contributed by atoms with Crippen molar-refractivity contribution < 1.29 is 0 Å². The summed E-state index contributed by atoms with van der Waals surface area (Å²) in [7, 11) is 3.78. The molecule has 0 aromatic carbocycles. The molecule has 1 N–H and O–H groups in total. The molecular formula is C17H22N8. The molecule has 0 aliphatic carbocycles. The summed E-state index contributed by atoms with van der Waals surface area (Å²) in [5, 5.41) is 16.1. The van der Waals surface area contributed by atoms with Gasteiger partial charge in [0.05, 0.1) is 12.7 Å². The van der Waals surface area contributed by atoms with Crippen LogP contribution in [0.4, 0.5) is 0 Å². The number of rotatable bonds is 3. The summed E-state index contributed by atoms with van der Waals surface area (Å²) < 4.78 is 3.85. The quantitative estimate of drug-likeness (QED) is 0.570. The van der Waals surface area contributed by atoms with Gasteiger partial charge >= 0.3 is 0 Å². The Morgan fingerprint density at radius 3 is 3.08 bits per heavy atom. The summed E-state index contributed by atoms with van der Waals surface area (Å²) >= 11 is 0. The van der Waals surface area contributed by atoms with E-state index in [9.17, 15) is 0 Å². The van der Waals surface area contributed by atoms with Crippen molar-refractivity contribution in [3.05, 3.63) is 48.2 Å². The normalized spacial score (nSPS) is 18.2. The summed E-state index contributed by atoms with van der Waals surface area (Å²) in [6.07, 6.45) is 7.16. The van der Waals surface area contributed by atoms with E-state index in [0.29, 0.717) is 12.5 Å². The molecule has 0 bridgehead atoms. The monoisotopic (exact) mass is 338 g/mol. The largest absolute Gasteiger partial charge is 0.349 e. The zero-order chi connectivity index (χ0) is 17.2. The number of fused-ring (bicyclic) bond motifs is 1. The first-order chi connectivity index (χ1) is 12.2. The fourth-order valence-corrected chi connectivity index (χ4v) is 3.38. The van der Waals surface area contributed by atoms with Crippen LogP contribution in [0, 0.1) is 0 Å². The van der Waals surface area contributed by atoms with Crippen LogP contribution >= 0.6 is 0 Å². The van der Waals surface area contributed by atoms with Gasteiger partial charge < -0.3 is 10.2 Å². The van der Waals surface area contributed by atoms with E-state index < -0.39 is 0 Å². The molecule has 0 radical (unpaired) electrons. The molecule has 0 spiro atoms. The minimum Gasteiger partial charge on any atom is -0.349 e. The molecule has 4 rings (SSSR count). The van der Waals surface area contributed by atoms with E-state index in [0.717, 1.165) is 36.9 Å². The maximum absolute atomic E-state index is 4.44. The third kappa shape index (κ3) is 3.07. The third-order valence-corrected chi connectivity index (χ3v) is 4.68. The summed E-state index contributed by atoms with van der Waals surface area (Å²) in [5.74, 6) is 2.28. The molecule has 130 valence electrons. The second-order valence-corrected chi connectivity index (χ2v) is 6.32. The number of aliphatic imine (C=N–C) groups is 1. The van der Waals surface area contributed by atoms with Gasteiger partial charge in [-0.1, -0.05) is 6.07 Å². The Morgan fingerprint density at radius 1 is 1.36 bits per heavy atom. The zero-order valence-electron chi connectivity index (χ0n) is 14.5. The van der Waals surface area contributed by atoms with Gasteiger partial charge in [-0.15, -0.1) is 10.2 Å². The van der Waals surface area contributed by atoms with Crippen molar-refractivity contribution in [2.45, 2.75) is 18.9 Å². The molecule has 3 aromatic rings. The molecule has 1 aliphatic rings. The van der Waals surface area contributed by atoms with Gasteiger partial charge in [0, 0.05) is 45.5 Å². The number of nitrogens with one attached hydrogen (secondary N) is 1. The lowest BCUT2D eigenvalue weighted by molar-refractivity contribution is 0.484. The lowest BCUT2D eigenvalue weighted by Gasteiger charge is -2.21. The van der Waals surface area contributed by atoms with Crippen molar-refractivity contribution in [2.24, 2.45) is 12.0 Å². The number of nitrogens with zero attached hydrogens (tertiary/aromatic N) is 7. The molecule has 8 nitrogen and oxygen atoms in total. The Hall–Kier alpha value is -2.90. The van der Waals surface area contributed by atoms with Crippen LogP contribution in [0.15, 0.2) is 41.8 Å². The van der Waals surface area contributed by atoms with Crippen molar-refractivity contribution >= 4 is 11.6 Å². The molecule has 25 heavy (non-hydrogen) atoms. The Kier molecular flexibility index (Phi) is 4.09. The molecule has 8 heteroatoms. The molecule has 1 fully saturated rings. The van der Waals surface area contributed by atoms with Gasteiger partial charge in [0.25, 0.3) is 0 Å². The maximum Gasteiger partial charge on any atom is 0.194 e. The Balaban J connectivity index is 1.41. The van der Waals surface area contributed by atoms with Gasteiger partial charge in [0.1, 0.15) is 0 Å². The molecule has 1 unspecified atom stereocenters. The predicted octanol–water partition coefficient (Wildman–Crippen LogP) is 1.03. The summed E-state index contributed by atoms with van der Waals surface area (Å²) in [6.45, 7) is 2.53. The summed E-state index contributed by atoms with van der Waals surface area (Å²) in [6, 6.07) is 5.89. The first kappa shape index (κ1) is 15.6.